The molecule has 1 heterocycles. The summed E-state index contributed by atoms with van der Waals surface area (Å²) in [6.07, 6.45) is 1.66. The largest absolute Gasteiger partial charge is 0.439 e. The average molecular weight is 234 g/mol. The summed E-state index contributed by atoms with van der Waals surface area (Å²) in [4.78, 5) is 4.19. The molecule has 1 unspecified atom stereocenters. The molecule has 0 aliphatic rings. The molecule has 1 atom stereocenters. The fourth-order valence-corrected chi connectivity index (χ4v) is 1.54. The summed E-state index contributed by atoms with van der Waals surface area (Å²) in [5.41, 5.74) is 1.44. The Bertz CT molecular complexity index is 522. The first-order valence-electron chi connectivity index (χ1n) is 5.51. The van der Waals surface area contributed by atoms with Gasteiger partial charge in [-0.05, 0) is 44.7 Å². The highest BCUT2D eigenvalue weighted by molar-refractivity contribution is 5.57. The normalized spacial score (nSPS) is 12.7. The number of benzene rings is 1. The molecule has 0 fully saturated rings. The van der Waals surface area contributed by atoms with E-state index < -0.39 is 0 Å². The molecule has 90 valence electrons. The molecule has 0 aliphatic carbocycles. The number of aromatic nitrogens is 1. The predicted octanol–water partition coefficient (Wildman–Crippen LogP) is 3.07. The third-order valence-electron chi connectivity index (χ3n) is 2.77. The van der Waals surface area contributed by atoms with Crippen molar-refractivity contribution in [1.82, 2.24) is 10.3 Å². The van der Waals surface area contributed by atoms with Crippen molar-refractivity contribution in [3.63, 3.8) is 0 Å². The van der Waals surface area contributed by atoms with Crippen LogP contribution in [0.5, 0.6) is 0 Å². The van der Waals surface area contributed by atoms with Gasteiger partial charge in [-0.15, -0.1) is 0 Å². The molecule has 0 bridgehead atoms. The molecule has 2 aromatic rings. The second-order valence-electron chi connectivity index (χ2n) is 4.04. The smallest absolute Gasteiger partial charge is 0.211 e. The third-order valence-corrected chi connectivity index (χ3v) is 2.77. The molecule has 0 saturated carbocycles. The lowest BCUT2D eigenvalue weighted by atomic mass is 10.1. The van der Waals surface area contributed by atoms with Crippen molar-refractivity contribution >= 4 is 0 Å². The van der Waals surface area contributed by atoms with Gasteiger partial charge in [-0.2, -0.15) is 0 Å². The van der Waals surface area contributed by atoms with Crippen molar-refractivity contribution in [3.05, 3.63) is 41.7 Å². The van der Waals surface area contributed by atoms with Crippen LogP contribution in [-0.4, -0.2) is 12.0 Å². The Labute approximate surface area is 99.7 Å². The van der Waals surface area contributed by atoms with Crippen molar-refractivity contribution in [3.8, 4) is 11.3 Å². The highest BCUT2D eigenvalue weighted by Crippen LogP contribution is 2.24. The van der Waals surface area contributed by atoms with E-state index in [1.807, 2.05) is 14.0 Å². The van der Waals surface area contributed by atoms with Gasteiger partial charge < -0.3 is 9.73 Å². The topological polar surface area (TPSA) is 38.1 Å². The van der Waals surface area contributed by atoms with Crippen molar-refractivity contribution in [2.45, 2.75) is 19.9 Å². The summed E-state index contributed by atoms with van der Waals surface area (Å²) >= 11 is 0. The lowest BCUT2D eigenvalue weighted by molar-refractivity contribution is 0.441. The number of nitrogens with one attached hydrogen (secondary N) is 1. The molecule has 17 heavy (non-hydrogen) atoms. The first-order valence-corrected chi connectivity index (χ1v) is 5.51. The van der Waals surface area contributed by atoms with Crippen LogP contribution >= 0.6 is 0 Å². The van der Waals surface area contributed by atoms with Crippen LogP contribution in [-0.2, 0) is 0 Å². The zero-order valence-corrected chi connectivity index (χ0v) is 10.1. The second-order valence-corrected chi connectivity index (χ2v) is 4.04. The third kappa shape index (κ3) is 2.36. The SMILES string of the molecule is CNC(C)c1ncc(-c2ccc(F)c(C)c2)o1. The van der Waals surface area contributed by atoms with E-state index in [9.17, 15) is 4.39 Å². The first-order chi connectivity index (χ1) is 8.11. The van der Waals surface area contributed by atoms with E-state index in [4.69, 9.17) is 4.42 Å². The number of rotatable bonds is 3. The average Bonchev–Trinajstić information content (AvgIpc) is 2.81. The molecule has 0 radical (unpaired) electrons. The summed E-state index contributed by atoms with van der Waals surface area (Å²) in [6, 6.07) is 4.94. The first kappa shape index (κ1) is 11.8. The molecule has 0 spiro atoms. The van der Waals surface area contributed by atoms with Gasteiger partial charge in [-0.25, -0.2) is 9.37 Å². The predicted molar refractivity (Wildman–Crippen MR) is 64.1 cm³/mol. The highest BCUT2D eigenvalue weighted by Gasteiger charge is 2.12. The van der Waals surface area contributed by atoms with Gasteiger partial charge >= 0.3 is 0 Å². The van der Waals surface area contributed by atoms with E-state index in [-0.39, 0.29) is 11.9 Å². The Morgan fingerprint density at radius 3 is 2.82 bits per heavy atom. The lowest BCUT2D eigenvalue weighted by Crippen LogP contribution is -2.12. The van der Waals surface area contributed by atoms with Crippen LogP contribution in [0.2, 0.25) is 0 Å². The monoisotopic (exact) mass is 234 g/mol. The fourth-order valence-electron chi connectivity index (χ4n) is 1.54. The Kier molecular flexibility index (Phi) is 3.24. The van der Waals surface area contributed by atoms with Crippen LogP contribution < -0.4 is 5.32 Å². The van der Waals surface area contributed by atoms with Crippen LogP contribution in [0, 0.1) is 12.7 Å². The number of nitrogens with zero attached hydrogens (tertiary/aromatic N) is 1. The molecule has 1 aromatic carbocycles. The van der Waals surface area contributed by atoms with Gasteiger partial charge in [-0.1, -0.05) is 0 Å². The van der Waals surface area contributed by atoms with E-state index >= 15 is 0 Å². The lowest BCUT2D eigenvalue weighted by Gasteiger charge is -2.04. The number of oxazole rings is 1. The quantitative estimate of drug-likeness (QED) is 0.886. The number of halogens is 1. The highest BCUT2D eigenvalue weighted by atomic mass is 19.1. The van der Waals surface area contributed by atoms with E-state index in [2.05, 4.69) is 10.3 Å². The van der Waals surface area contributed by atoms with Crippen LogP contribution in [0.3, 0.4) is 0 Å². The van der Waals surface area contributed by atoms with Gasteiger partial charge in [0.25, 0.3) is 0 Å². The summed E-state index contributed by atoms with van der Waals surface area (Å²) in [5.74, 6) is 1.08. The summed E-state index contributed by atoms with van der Waals surface area (Å²) in [5, 5.41) is 3.05. The molecular formula is C13H15FN2O. The van der Waals surface area contributed by atoms with Crippen molar-refractivity contribution in [2.24, 2.45) is 0 Å². The molecule has 1 N–H and O–H groups in total. The summed E-state index contributed by atoms with van der Waals surface area (Å²) in [6.45, 7) is 3.69. The summed E-state index contributed by atoms with van der Waals surface area (Å²) < 4.78 is 18.8. The molecule has 0 aliphatic heterocycles. The van der Waals surface area contributed by atoms with E-state index in [1.54, 1.807) is 25.3 Å². The van der Waals surface area contributed by atoms with Crippen molar-refractivity contribution in [1.29, 1.82) is 0 Å². The zero-order chi connectivity index (χ0) is 12.4. The Morgan fingerprint density at radius 1 is 1.41 bits per heavy atom. The molecular weight excluding hydrogens is 219 g/mol. The molecule has 3 nitrogen and oxygen atoms in total. The van der Waals surface area contributed by atoms with Gasteiger partial charge in [0.2, 0.25) is 5.89 Å². The van der Waals surface area contributed by atoms with E-state index in [0.29, 0.717) is 17.2 Å². The van der Waals surface area contributed by atoms with Gasteiger partial charge in [-0.3, -0.25) is 0 Å². The van der Waals surface area contributed by atoms with Gasteiger partial charge in [0, 0.05) is 5.56 Å². The maximum atomic E-state index is 13.1. The van der Waals surface area contributed by atoms with Crippen molar-refractivity contribution < 1.29 is 8.81 Å². The van der Waals surface area contributed by atoms with Crippen LogP contribution in [0.15, 0.2) is 28.8 Å². The Hall–Kier alpha value is -1.68. The van der Waals surface area contributed by atoms with E-state index in [1.165, 1.54) is 6.07 Å². The number of aryl methyl sites for hydroxylation is 1. The zero-order valence-electron chi connectivity index (χ0n) is 10.1. The number of hydrogen-bond donors (Lipinski definition) is 1. The standard InChI is InChI=1S/C13H15FN2O/c1-8-6-10(4-5-11(8)14)12-7-16-13(17-12)9(2)15-3/h4-7,9,15H,1-3H3. The van der Waals surface area contributed by atoms with Crippen LogP contribution in [0.25, 0.3) is 11.3 Å². The maximum absolute atomic E-state index is 13.1. The minimum absolute atomic E-state index is 0.0605. The van der Waals surface area contributed by atoms with Crippen molar-refractivity contribution in [2.75, 3.05) is 7.05 Å². The second kappa shape index (κ2) is 4.67. The van der Waals surface area contributed by atoms with Crippen LogP contribution in [0.1, 0.15) is 24.4 Å². The molecule has 4 heteroatoms. The Balaban J connectivity index is 2.33. The Morgan fingerprint density at radius 2 is 2.18 bits per heavy atom. The molecule has 2 rings (SSSR count). The maximum Gasteiger partial charge on any atom is 0.211 e. The van der Waals surface area contributed by atoms with Gasteiger partial charge in [0.05, 0.1) is 12.2 Å². The fraction of sp³-hybridized carbons (Fsp3) is 0.308. The van der Waals surface area contributed by atoms with E-state index in [0.717, 1.165) is 5.56 Å². The van der Waals surface area contributed by atoms with Crippen LogP contribution in [0.4, 0.5) is 4.39 Å². The minimum Gasteiger partial charge on any atom is -0.439 e. The van der Waals surface area contributed by atoms with Gasteiger partial charge in [0.1, 0.15) is 5.82 Å². The molecule has 0 saturated heterocycles. The number of hydrogen-bond acceptors (Lipinski definition) is 3. The molecule has 1 aromatic heterocycles. The minimum atomic E-state index is -0.211. The van der Waals surface area contributed by atoms with Gasteiger partial charge in [0.15, 0.2) is 5.76 Å². The summed E-state index contributed by atoms with van der Waals surface area (Å²) in [7, 11) is 1.84. The molecule has 0 amide bonds.